The van der Waals surface area contributed by atoms with Crippen LogP contribution in [0, 0.1) is 12.8 Å². The maximum atomic E-state index is 6.25. The van der Waals surface area contributed by atoms with E-state index >= 15 is 0 Å². The van der Waals surface area contributed by atoms with Crippen LogP contribution in [0.5, 0.6) is 0 Å². The normalized spacial score (nSPS) is 14.6. The summed E-state index contributed by atoms with van der Waals surface area (Å²) < 4.78 is 0. The molecule has 0 saturated heterocycles. The average Bonchev–Trinajstić information content (AvgIpc) is 2.35. The minimum Gasteiger partial charge on any atom is -0.324 e. The Balaban J connectivity index is 2.51. The number of aryl methyl sites for hydroxylation is 1. The number of aromatic nitrogens is 1. The molecule has 1 aromatic rings. The van der Waals surface area contributed by atoms with Crippen molar-refractivity contribution in [3.63, 3.8) is 0 Å². The highest BCUT2D eigenvalue weighted by Gasteiger charge is 2.13. The molecule has 2 nitrogen and oxygen atoms in total. The van der Waals surface area contributed by atoms with Crippen LogP contribution in [0.4, 0.5) is 0 Å². The molecule has 0 amide bonds. The van der Waals surface area contributed by atoms with Crippen molar-refractivity contribution in [2.75, 3.05) is 0 Å². The molecule has 96 valence electrons. The van der Waals surface area contributed by atoms with Crippen molar-refractivity contribution in [2.24, 2.45) is 11.7 Å². The third-order valence-corrected chi connectivity index (χ3v) is 3.49. The van der Waals surface area contributed by atoms with Crippen molar-refractivity contribution in [2.45, 2.75) is 58.9 Å². The van der Waals surface area contributed by atoms with Crippen LogP contribution in [0.25, 0.3) is 0 Å². The van der Waals surface area contributed by atoms with Crippen LogP contribution in [0.3, 0.4) is 0 Å². The van der Waals surface area contributed by atoms with Crippen molar-refractivity contribution >= 4 is 0 Å². The summed E-state index contributed by atoms with van der Waals surface area (Å²) in [6.07, 6.45) is 8.13. The highest BCUT2D eigenvalue weighted by molar-refractivity contribution is 5.16. The van der Waals surface area contributed by atoms with Crippen LogP contribution in [0.1, 0.15) is 63.3 Å². The Morgan fingerprint density at radius 3 is 2.59 bits per heavy atom. The predicted molar refractivity (Wildman–Crippen MR) is 73.8 cm³/mol. The molecule has 0 aliphatic carbocycles. The Hall–Kier alpha value is -0.890. The van der Waals surface area contributed by atoms with Gasteiger partial charge in [-0.1, -0.05) is 45.6 Å². The first kappa shape index (κ1) is 14.2. The van der Waals surface area contributed by atoms with Crippen LogP contribution in [-0.4, -0.2) is 4.98 Å². The molecule has 0 aliphatic heterocycles. The van der Waals surface area contributed by atoms with E-state index in [0.717, 1.165) is 18.0 Å². The zero-order chi connectivity index (χ0) is 12.7. The van der Waals surface area contributed by atoms with Gasteiger partial charge >= 0.3 is 0 Å². The zero-order valence-corrected chi connectivity index (χ0v) is 11.4. The summed E-state index contributed by atoms with van der Waals surface area (Å²) in [6.45, 7) is 6.52. The lowest BCUT2D eigenvalue weighted by atomic mass is 9.90. The molecule has 0 radical (unpaired) electrons. The van der Waals surface area contributed by atoms with Gasteiger partial charge in [-0.25, -0.2) is 0 Å². The molecule has 17 heavy (non-hydrogen) atoms. The third kappa shape index (κ3) is 4.86. The summed E-state index contributed by atoms with van der Waals surface area (Å²) in [5, 5.41) is 0. The lowest BCUT2D eigenvalue weighted by Crippen LogP contribution is -2.15. The summed E-state index contributed by atoms with van der Waals surface area (Å²) in [5.41, 5.74) is 8.48. The highest BCUT2D eigenvalue weighted by Crippen LogP contribution is 2.24. The quantitative estimate of drug-likeness (QED) is 0.774. The fourth-order valence-corrected chi connectivity index (χ4v) is 2.18. The molecule has 1 heterocycles. The fraction of sp³-hybridized carbons (Fsp3) is 0.667. The Bertz CT molecular complexity index is 305. The monoisotopic (exact) mass is 234 g/mol. The van der Waals surface area contributed by atoms with E-state index in [9.17, 15) is 0 Å². The smallest absolute Gasteiger partial charge is 0.0372 e. The van der Waals surface area contributed by atoms with E-state index < -0.39 is 0 Å². The molecule has 0 spiro atoms. The number of unbranched alkanes of at least 4 members (excludes halogenated alkanes) is 1. The van der Waals surface area contributed by atoms with E-state index in [2.05, 4.69) is 24.9 Å². The van der Waals surface area contributed by atoms with Gasteiger partial charge in [0, 0.05) is 17.9 Å². The van der Waals surface area contributed by atoms with Gasteiger partial charge in [-0.3, -0.25) is 4.98 Å². The van der Waals surface area contributed by atoms with Gasteiger partial charge in [0.15, 0.2) is 0 Å². The average molecular weight is 234 g/mol. The third-order valence-electron chi connectivity index (χ3n) is 3.49. The van der Waals surface area contributed by atoms with Gasteiger partial charge < -0.3 is 5.73 Å². The molecular weight excluding hydrogens is 208 g/mol. The van der Waals surface area contributed by atoms with Gasteiger partial charge in [0.05, 0.1) is 0 Å². The van der Waals surface area contributed by atoms with Crippen LogP contribution in [-0.2, 0) is 0 Å². The molecule has 0 fully saturated rings. The Morgan fingerprint density at radius 2 is 2.06 bits per heavy atom. The SMILES string of the molecule is CCCCC(CC)CC(N)c1ccc(C)nc1. The highest BCUT2D eigenvalue weighted by atomic mass is 14.7. The second-order valence-corrected chi connectivity index (χ2v) is 4.99. The molecule has 2 N–H and O–H groups in total. The van der Waals surface area contributed by atoms with Crippen molar-refractivity contribution in [1.82, 2.24) is 4.98 Å². The molecule has 0 aromatic carbocycles. The topological polar surface area (TPSA) is 38.9 Å². The fourth-order valence-electron chi connectivity index (χ4n) is 2.18. The van der Waals surface area contributed by atoms with Crippen LogP contribution in [0.15, 0.2) is 18.3 Å². The van der Waals surface area contributed by atoms with E-state index in [1.807, 2.05) is 19.2 Å². The van der Waals surface area contributed by atoms with Gasteiger partial charge in [-0.15, -0.1) is 0 Å². The largest absolute Gasteiger partial charge is 0.324 e. The molecule has 0 bridgehead atoms. The summed E-state index contributed by atoms with van der Waals surface area (Å²) in [7, 11) is 0. The second kappa shape index (κ2) is 7.44. The molecular formula is C15H26N2. The molecule has 2 atom stereocenters. The van der Waals surface area contributed by atoms with E-state index in [1.54, 1.807) is 0 Å². The Kier molecular flexibility index (Phi) is 6.20. The summed E-state index contributed by atoms with van der Waals surface area (Å²) in [5.74, 6) is 0.756. The van der Waals surface area contributed by atoms with Crippen LogP contribution in [0.2, 0.25) is 0 Å². The molecule has 2 unspecified atom stereocenters. The number of rotatable bonds is 7. The van der Waals surface area contributed by atoms with Gasteiger partial charge in [-0.2, -0.15) is 0 Å². The Labute approximate surface area is 106 Å². The van der Waals surface area contributed by atoms with Gasteiger partial charge in [-0.05, 0) is 30.9 Å². The van der Waals surface area contributed by atoms with E-state index in [-0.39, 0.29) is 6.04 Å². The number of hydrogen-bond acceptors (Lipinski definition) is 2. The zero-order valence-electron chi connectivity index (χ0n) is 11.4. The van der Waals surface area contributed by atoms with Crippen LogP contribution >= 0.6 is 0 Å². The van der Waals surface area contributed by atoms with Crippen molar-refractivity contribution in [3.05, 3.63) is 29.6 Å². The lowest BCUT2D eigenvalue weighted by molar-refractivity contribution is 0.388. The first-order chi connectivity index (χ1) is 8.17. The minimum atomic E-state index is 0.143. The van der Waals surface area contributed by atoms with Gasteiger partial charge in [0.25, 0.3) is 0 Å². The summed E-state index contributed by atoms with van der Waals surface area (Å²) in [6, 6.07) is 4.30. The summed E-state index contributed by atoms with van der Waals surface area (Å²) in [4.78, 5) is 4.32. The number of hydrogen-bond donors (Lipinski definition) is 1. The predicted octanol–water partition coefficient (Wildman–Crippen LogP) is 4.00. The lowest BCUT2D eigenvalue weighted by Gasteiger charge is -2.19. The number of nitrogens with zero attached hydrogens (tertiary/aromatic N) is 1. The molecule has 1 aromatic heterocycles. The molecule has 0 aliphatic rings. The first-order valence-electron chi connectivity index (χ1n) is 6.85. The van der Waals surface area contributed by atoms with E-state index in [4.69, 9.17) is 5.73 Å². The molecule has 2 heteroatoms. The minimum absolute atomic E-state index is 0.143. The molecule has 0 saturated carbocycles. The first-order valence-corrected chi connectivity index (χ1v) is 6.85. The van der Waals surface area contributed by atoms with Gasteiger partial charge in [0.2, 0.25) is 0 Å². The maximum absolute atomic E-state index is 6.25. The maximum Gasteiger partial charge on any atom is 0.0372 e. The van der Waals surface area contributed by atoms with Crippen molar-refractivity contribution in [1.29, 1.82) is 0 Å². The van der Waals surface area contributed by atoms with E-state index in [0.29, 0.717) is 0 Å². The van der Waals surface area contributed by atoms with Gasteiger partial charge in [0.1, 0.15) is 0 Å². The van der Waals surface area contributed by atoms with Crippen LogP contribution < -0.4 is 5.73 Å². The Morgan fingerprint density at radius 1 is 1.29 bits per heavy atom. The van der Waals surface area contributed by atoms with Crippen molar-refractivity contribution in [3.8, 4) is 0 Å². The molecule has 1 rings (SSSR count). The number of nitrogens with two attached hydrogens (primary N) is 1. The van der Waals surface area contributed by atoms with Crippen molar-refractivity contribution < 1.29 is 0 Å². The number of pyridine rings is 1. The van der Waals surface area contributed by atoms with E-state index in [1.165, 1.54) is 31.2 Å². The summed E-state index contributed by atoms with van der Waals surface area (Å²) >= 11 is 0. The standard InChI is InChI=1S/C15H26N2/c1-4-6-7-13(5-2)10-15(16)14-9-8-12(3)17-11-14/h8-9,11,13,15H,4-7,10,16H2,1-3H3. The second-order valence-electron chi connectivity index (χ2n) is 4.99.